The molecule has 4 rings (SSSR count). The van der Waals surface area contributed by atoms with E-state index < -0.39 is 10.0 Å². The molecular formula is C21H16ClN3O2S. The van der Waals surface area contributed by atoms with Crippen LogP contribution in [0.2, 0.25) is 5.02 Å². The number of nitrogens with two attached hydrogens (primary N) is 1. The number of sulfonamides is 1. The van der Waals surface area contributed by atoms with Crippen molar-refractivity contribution >= 4 is 44.8 Å². The SMILES string of the molecule is NS(=O)(=O)c1ccccc1-c1ccc2nc(/C=C/c3cccc(Cl)c3)[nH]c2c1. The molecule has 1 heterocycles. The number of fused-ring (bicyclic) bond motifs is 1. The number of benzene rings is 3. The van der Waals surface area contributed by atoms with E-state index in [1.54, 1.807) is 18.2 Å². The van der Waals surface area contributed by atoms with Gasteiger partial charge in [0.15, 0.2) is 0 Å². The van der Waals surface area contributed by atoms with Gasteiger partial charge in [0, 0.05) is 10.6 Å². The summed E-state index contributed by atoms with van der Waals surface area (Å²) in [5.41, 5.74) is 3.84. The first-order valence-corrected chi connectivity index (χ1v) is 10.4. The molecule has 0 aliphatic carbocycles. The second-order valence-corrected chi connectivity index (χ2v) is 8.25. The maximum atomic E-state index is 11.9. The minimum Gasteiger partial charge on any atom is -0.338 e. The highest BCUT2D eigenvalue weighted by molar-refractivity contribution is 7.89. The largest absolute Gasteiger partial charge is 0.338 e. The third-order valence-corrected chi connectivity index (χ3v) is 5.49. The fraction of sp³-hybridized carbons (Fsp3) is 0. The van der Waals surface area contributed by atoms with E-state index >= 15 is 0 Å². The molecule has 1 aromatic heterocycles. The van der Waals surface area contributed by atoms with Crippen molar-refractivity contribution in [2.45, 2.75) is 4.90 Å². The van der Waals surface area contributed by atoms with Crippen LogP contribution < -0.4 is 5.14 Å². The summed E-state index contributed by atoms with van der Waals surface area (Å²) >= 11 is 6.00. The number of aromatic nitrogens is 2. The Kier molecular flexibility index (Phi) is 4.77. The van der Waals surface area contributed by atoms with Gasteiger partial charge in [-0.15, -0.1) is 0 Å². The van der Waals surface area contributed by atoms with E-state index in [9.17, 15) is 8.42 Å². The Labute approximate surface area is 167 Å². The van der Waals surface area contributed by atoms with Crippen LogP contribution in [0.3, 0.4) is 0 Å². The second kappa shape index (κ2) is 7.24. The van der Waals surface area contributed by atoms with Crippen LogP contribution >= 0.6 is 11.6 Å². The first-order valence-electron chi connectivity index (χ1n) is 8.46. The fourth-order valence-electron chi connectivity index (χ4n) is 3.01. The predicted octanol–water partition coefficient (Wildman–Crippen LogP) is 4.70. The van der Waals surface area contributed by atoms with Crippen molar-refractivity contribution in [3.63, 3.8) is 0 Å². The Bertz CT molecular complexity index is 1310. The molecule has 0 amide bonds. The van der Waals surface area contributed by atoms with Crippen LogP contribution in [0.5, 0.6) is 0 Å². The molecule has 0 bridgehead atoms. The number of hydrogen-bond donors (Lipinski definition) is 2. The summed E-state index contributed by atoms with van der Waals surface area (Å²) in [6.07, 6.45) is 3.78. The van der Waals surface area contributed by atoms with Crippen LogP contribution in [0, 0.1) is 0 Å². The van der Waals surface area contributed by atoms with Crippen LogP contribution in [0.4, 0.5) is 0 Å². The number of H-pyrrole nitrogens is 1. The van der Waals surface area contributed by atoms with Crippen LogP contribution in [0.1, 0.15) is 11.4 Å². The van der Waals surface area contributed by atoms with Gasteiger partial charge < -0.3 is 4.98 Å². The smallest absolute Gasteiger partial charge is 0.238 e. The second-order valence-electron chi connectivity index (χ2n) is 6.28. The molecule has 0 saturated carbocycles. The molecule has 4 aromatic rings. The molecule has 0 spiro atoms. The number of halogens is 1. The summed E-state index contributed by atoms with van der Waals surface area (Å²) in [5.74, 6) is 0.687. The molecule has 7 heteroatoms. The third kappa shape index (κ3) is 3.84. The van der Waals surface area contributed by atoms with Gasteiger partial charge in [-0.1, -0.05) is 54.1 Å². The minimum atomic E-state index is -3.82. The quantitative estimate of drug-likeness (QED) is 0.512. The molecule has 3 N–H and O–H groups in total. The van der Waals surface area contributed by atoms with E-state index in [0.29, 0.717) is 16.4 Å². The van der Waals surface area contributed by atoms with Gasteiger partial charge in [0.05, 0.1) is 15.9 Å². The fourth-order valence-corrected chi connectivity index (χ4v) is 3.97. The highest BCUT2D eigenvalue weighted by atomic mass is 35.5. The highest BCUT2D eigenvalue weighted by Gasteiger charge is 2.15. The third-order valence-electron chi connectivity index (χ3n) is 4.29. The van der Waals surface area contributed by atoms with Crippen molar-refractivity contribution in [1.82, 2.24) is 9.97 Å². The number of primary sulfonamides is 1. The van der Waals surface area contributed by atoms with Crippen molar-refractivity contribution in [2.75, 3.05) is 0 Å². The molecule has 0 aliphatic rings. The summed E-state index contributed by atoms with van der Waals surface area (Å²) in [7, 11) is -3.82. The van der Waals surface area contributed by atoms with Crippen molar-refractivity contribution in [1.29, 1.82) is 0 Å². The van der Waals surface area contributed by atoms with Gasteiger partial charge in [0.2, 0.25) is 10.0 Å². The molecular weight excluding hydrogens is 394 g/mol. The standard InChI is InChI=1S/C21H16ClN3O2S/c22-16-5-3-4-14(12-16)8-11-21-24-18-10-9-15(13-19(18)25-21)17-6-1-2-7-20(17)28(23,26)27/h1-13H,(H,24,25)(H2,23,26,27)/b11-8+. The van der Waals surface area contributed by atoms with E-state index in [2.05, 4.69) is 9.97 Å². The number of aromatic amines is 1. The lowest BCUT2D eigenvalue weighted by atomic mass is 10.1. The van der Waals surface area contributed by atoms with Gasteiger partial charge in [-0.05, 0) is 47.5 Å². The Morgan fingerprint density at radius 1 is 0.964 bits per heavy atom. The van der Waals surface area contributed by atoms with Crippen LogP contribution in [0.15, 0.2) is 71.6 Å². The van der Waals surface area contributed by atoms with Gasteiger partial charge in [-0.25, -0.2) is 18.5 Å². The average Bonchev–Trinajstić information content (AvgIpc) is 3.08. The Balaban J connectivity index is 1.72. The molecule has 0 saturated heterocycles. The zero-order chi connectivity index (χ0) is 19.7. The maximum absolute atomic E-state index is 11.9. The maximum Gasteiger partial charge on any atom is 0.238 e. The molecule has 3 aromatic carbocycles. The summed E-state index contributed by atoms with van der Waals surface area (Å²) in [4.78, 5) is 7.87. The zero-order valence-corrected chi connectivity index (χ0v) is 16.2. The Morgan fingerprint density at radius 2 is 1.79 bits per heavy atom. The van der Waals surface area contributed by atoms with Crippen molar-refractivity contribution in [3.05, 3.63) is 83.1 Å². The van der Waals surface area contributed by atoms with Crippen molar-refractivity contribution in [3.8, 4) is 11.1 Å². The van der Waals surface area contributed by atoms with Crippen molar-refractivity contribution in [2.24, 2.45) is 5.14 Å². The van der Waals surface area contributed by atoms with Crippen LogP contribution in [-0.4, -0.2) is 18.4 Å². The first-order chi connectivity index (χ1) is 13.4. The molecule has 0 radical (unpaired) electrons. The summed E-state index contributed by atoms with van der Waals surface area (Å²) in [5, 5.41) is 6.02. The predicted molar refractivity (Wildman–Crippen MR) is 113 cm³/mol. The zero-order valence-electron chi connectivity index (χ0n) is 14.6. The van der Waals surface area contributed by atoms with Gasteiger partial charge in [-0.2, -0.15) is 0 Å². The number of imidazole rings is 1. The molecule has 0 unspecified atom stereocenters. The Morgan fingerprint density at radius 3 is 2.57 bits per heavy atom. The summed E-state index contributed by atoms with van der Waals surface area (Å²) < 4.78 is 23.8. The molecule has 0 atom stereocenters. The van der Waals surface area contributed by atoms with Gasteiger partial charge in [0.25, 0.3) is 0 Å². The van der Waals surface area contributed by atoms with Crippen LogP contribution in [-0.2, 0) is 10.0 Å². The Hall–Kier alpha value is -2.93. The topological polar surface area (TPSA) is 88.8 Å². The summed E-state index contributed by atoms with van der Waals surface area (Å²) in [6.45, 7) is 0. The number of nitrogens with one attached hydrogen (secondary N) is 1. The number of rotatable bonds is 4. The minimum absolute atomic E-state index is 0.0925. The van der Waals surface area contributed by atoms with Gasteiger partial charge >= 0.3 is 0 Å². The van der Waals surface area contributed by atoms with E-state index in [4.69, 9.17) is 16.7 Å². The summed E-state index contributed by atoms with van der Waals surface area (Å²) in [6, 6.07) is 19.7. The van der Waals surface area contributed by atoms with E-state index in [1.807, 2.05) is 54.6 Å². The highest BCUT2D eigenvalue weighted by Crippen LogP contribution is 2.29. The average molecular weight is 410 g/mol. The van der Waals surface area contributed by atoms with E-state index in [1.165, 1.54) is 6.07 Å². The van der Waals surface area contributed by atoms with E-state index in [-0.39, 0.29) is 4.90 Å². The lowest BCUT2D eigenvalue weighted by Gasteiger charge is -2.07. The van der Waals surface area contributed by atoms with Gasteiger partial charge in [0.1, 0.15) is 5.82 Å². The first kappa shape index (κ1) is 18.4. The number of hydrogen-bond acceptors (Lipinski definition) is 3. The molecule has 5 nitrogen and oxygen atoms in total. The number of nitrogens with zero attached hydrogens (tertiary/aromatic N) is 1. The molecule has 140 valence electrons. The van der Waals surface area contributed by atoms with E-state index in [0.717, 1.165) is 22.2 Å². The molecule has 0 aliphatic heterocycles. The van der Waals surface area contributed by atoms with Crippen LogP contribution in [0.25, 0.3) is 34.3 Å². The lowest BCUT2D eigenvalue weighted by Crippen LogP contribution is -2.13. The lowest BCUT2D eigenvalue weighted by molar-refractivity contribution is 0.598. The monoisotopic (exact) mass is 409 g/mol. The van der Waals surface area contributed by atoms with Crippen molar-refractivity contribution < 1.29 is 8.42 Å². The van der Waals surface area contributed by atoms with Gasteiger partial charge in [-0.3, -0.25) is 0 Å². The molecule has 28 heavy (non-hydrogen) atoms. The normalized spacial score (nSPS) is 12.1. The molecule has 0 fully saturated rings.